The van der Waals surface area contributed by atoms with E-state index in [2.05, 4.69) is 10.6 Å². The van der Waals surface area contributed by atoms with Gasteiger partial charge < -0.3 is 20.2 Å². The third-order valence-corrected chi connectivity index (χ3v) is 4.14. The lowest BCUT2D eigenvalue weighted by Crippen LogP contribution is -2.52. The van der Waals surface area contributed by atoms with Crippen molar-refractivity contribution in [1.82, 2.24) is 10.6 Å². The van der Waals surface area contributed by atoms with E-state index in [1.54, 1.807) is 0 Å². The fourth-order valence-corrected chi connectivity index (χ4v) is 2.95. The summed E-state index contributed by atoms with van der Waals surface area (Å²) >= 11 is 0. The SMILES string of the molecule is O=C(NCc1cc2ccccc2o1)NC1(CO)CCCC1. The van der Waals surface area contributed by atoms with Crippen LogP contribution in [0.15, 0.2) is 34.7 Å². The number of hydrogen-bond donors (Lipinski definition) is 3. The van der Waals surface area contributed by atoms with E-state index >= 15 is 0 Å². The Kier molecular flexibility index (Phi) is 3.84. The number of carbonyl (C=O) groups is 1. The van der Waals surface area contributed by atoms with Crippen molar-refractivity contribution < 1.29 is 14.3 Å². The maximum Gasteiger partial charge on any atom is 0.315 e. The Hall–Kier alpha value is -2.01. The molecule has 2 amide bonds. The highest BCUT2D eigenvalue weighted by Gasteiger charge is 2.34. The Morgan fingerprint density at radius 2 is 2.05 bits per heavy atom. The molecule has 1 heterocycles. The summed E-state index contributed by atoms with van der Waals surface area (Å²) in [5.74, 6) is 0.718. The summed E-state index contributed by atoms with van der Waals surface area (Å²) < 4.78 is 5.65. The summed E-state index contributed by atoms with van der Waals surface area (Å²) in [7, 11) is 0. The van der Waals surface area contributed by atoms with Gasteiger partial charge in [-0.15, -0.1) is 0 Å². The molecule has 1 aromatic carbocycles. The normalized spacial score (nSPS) is 17.0. The van der Waals surface area contributed by atoms with Crippen molar-refractivity contribution in [2.75, 3.05) is 6.61 Å². The summed E-state index contributed by atoms with van der Waals surface area (Å²) in [5, 5.41) is 16.2. The van der Waals surface area contributed by atoms with Crippen molar-refractivity contribution in [3.8, 4) is 0 Å². The maximum atomic E-state index is 12.0. The minimum absolute atomic E-state index is 0.00887. The second-order valence-corrected chi connectivity index (χ2v) is 5.70. The molecule has 1 fully saturated rings. The molecule has 21 heavy (non-hydrogen) atoms. The number of urea groups is 1. The molecule has 5 nitrogen and oxygen atoms in total. The van der Waals surface area contributed by atoms with Gasteiger partial charge >= 0.3 is 6.03 Å². The summed E-state index contributed by atoms with van der Waals surface area (Å²) in [6, 6.07) is 9.41. The van der Waals surface area contributed by atoms with Crippen molar-refractivity contribution in [3.63, 3.8) is 0 Å². The van der Waals surface area contributed by atoms with Gasteiger partial charge in [0, 0.05) is 5.39 Å². The van der Waals surface area contributed by atoms with Crippen molar-refractivity contribution in [1.29, 1.82) is 0 Å². The first-order valence-electron chi connectivity index (χ1n) is 7.35. The van der Waals surface area contributed by atoms with Crippen LogP contribution in [-0.2, 0) is 6.54 Å². The fourth-order valence-electron chi connectivity index (χ4n) is 2.95. The second-order valence-electron chi connectivity index (χ2n) is 5.70. The molecule has 0 spiro atoms. The molecule has 1 saturated carbocycles. The largest absolute Gasteiger partial charge is 0.459 e. The lowest BCUT2D eigenvalue weighted by molar-refractivity contribution is 0.162. The van der Waals surface area contributed by atoms with E-state index in [9.17, 15) is 9.90 Å². The van der Waals surface area contributed by atoms with Crippen molar-refractivity contribution in [3.05, 3.63) is 36.1 Å². The lowest BCUT2D eigenvalue weighted by Gasteiger charge is -2.27. The van der Waals surface area contributed by atoms with Gasteiger partial charge in [0.05, 0.1) is 18.7 Å². The smallest absolute Gasteiger partial charge is 0.315 e. The van der Waals surface area contributed by atoms with Crippen molar-refractivity contribution >= 4 is 17.0 Å². The Labute approximate surface area is 123 Å². The predicted molar refractivity (Wildman–Crippen MR) is 79.9 cm³/mol. The number of fused-ring (bicyclic) bond motifs is 1. The number of furan rings is 1. The number of hydrogen-bond acceptors (Lipinski definition) is 3. The molecule has 1 aliphatic carbocycles. The zero-order valence-electron chi connectivity index (χ0n) is 11.9. The van der Waals surface area contributed by atoms with Crippen LogP contribution in [0.1, 0.15) is 31.4 Å². The first-order valence-corrected chi connectivity index (χ1v) is 7.35. The van der Waals surface area contributed by atoms with E-state index in [1.807, 2.05) is 30.3 Å². The van der Waals surface area contributed by atoms with E-state index < -0.39 is 5.54 Å². The summed E-state index contributed by atoms with van der Waals surface area (Å²) in [5.41, 5.74) is 0.371. The number of aliphatic hydroxyl groups excluding tert-OH is 1. The van der Waals surface area contributed by atoms with Crippen molar-refractivity contribution in [2.45, 2.75) is 37.8 Å². The van der Waals surface area contributed by atoms with Crippen LogP contribution >= 0.6 is 0 Å². The third kappa shape index (κ3) is 3.03. The number of nitrogens with one attached hydrogen (secondary N) is 2. The van der Waals surface area contributed by atoms with Crippen LogP contribution in [0.2, 0.25) is 0 Å². The second kappa shape index (κ2) is 5.77. The van der Waals surface area contributed by atoms with Gasteiger partial charge in [-0.25, -0.2) is 4.79 Å². The summed E-state index contributed by atoms with van der Waals surface area (Å²) in [6.45, 7) is 0.326. The van der Waals surface area contributed by atoms with Gasteiger partial charge in [-0.2, -0.15) is 0 Å². The van der Waals surface area contributed by atoms with Crippen LogP contribution in [0.25, 0.3) is 11.0 Å². The minimum Gasteiger partial charge on any atom is -0.459 e. The van der Waals surface area contributed by atoms with Gasteiger partial charge in [-0.1, -0.05) is 31.0 Å². The van der Waals surface area contributed by atoms with Gasteiger partial charge in [0.15, 0.2) is 0 Å². The molecule has 3 N–H and O–H groups in total. The van der Waals surface area contributed by atoms with Gasteiger partial charge in [-0.3, -0.25) is 0 Å². The average molecular weight is 288 g/mol. The zero-order chi connectivity index (χ0) is 14.7. The predicted octanol–water partition coefficient (Wildman–Crippen LogP) is 2.54. The van der Waals surface area contributed by atoms with E-state index in [-0.39, 0.29) is 12.6 Å². The number of amides is 2. The van der Waals surface area contributed by atoms with Crippen LogP contribution in [0.4, 0.5) is 4.79 Å². The Bertz CT molecular complexity index is 596. The Morgan fingerprint density at radius 1 is 1.29 bits per heavy atom. The highest BCUT2D eigenvalue weighted by molar-refractivity contribution is 5.78. The van der Waals surface area contributed by atoms with Gasteiger partial charge in [-0.05, 0) is 25.0 Å². The topological polar surface area (TPSA) is 74.5 Å². The average Bonchev–Trinajstić information content (AvgIpc) is 3.11. The van der Waals surface area contributed by atoms with Crippen LogP contribution in [0.5, 0.6) is 0 Å². The third-order valence-electron chi connectivity index (χ3n) is 4.14. The zero-order valence-corrected chi connectivity index (χ0v) is 11.9. The lowest BCUT2D eigenvalue weighted by atomic mass is 9.99. The van der Waals surface area contributed by atoms with Gasteiger partial charge in [0.25, 0.3) is 0 Å². The molecule has 0 atom stereocenters. The molecule has 1 aromatic heterocycles. The number of benzene rings is 1. The minimum atomic E-state index is -0.446. The van der Waals surface area contributed by atoms with Crippen LogP contribution < -0.4 is 10.6 Å². The number of rotatable bonds is 4. The van der Waals surface area contributed by atoms with Gasteiger partial charge in [0.1, 0.15) is 11.3 Å². The highest BCUT2D eigenvalue weighted by Crippen LogP contribution is 2.29. The van der Waals surface area contributed by atoms with E-state index in [4.69, 9.17) is 4.42 Å². The fraction of sp³-hybridized carbons (Fsp3) is 0.438. The molecule has 0 bridgehead atoms. The Balaban J connectivity index is 1.58. The molecule has 0 radical (unpaired) electrons. The number of para-hydroxylation sites is 1. The molecule has 3 rings (SSSR count). The molecule has 5 heteroatoms. The first kappa shape index (κ1) is 13.9. The molecule has 0 saturated heterocycles. The molecular formula is C16H20N2O3. The maximum absolute atomic E-state index is 12.0. The van der Waals surface area contributed by atoms with E-state index in [0.717, 1.165) is 42.4 Å². The van der Waals surface area contributed by atoms with Crippen molar-refractivity contribution in [2.24, 2.45) is 0 Å². The van der Waals surface area contributed by atoms with Crippen LogP contribution in [0.3, 0.4) is 0 Å². The number of aliphatic hydroxyl groups is 1. The van der Waals surface area contributed by atoms with E-state index in [0.29, 0.717) is 6.54 Å². The van der Waals surface area contributed by atoms with Crippen LogP contribution in [0, 0.1) is 0 Å². The first-order chi connectivity index (χ1) is 10.2. The molecular weight excluding hydrogens is 268 g/mol. The molecule has 1 aliphatic rings. The monoisotopic (exact) mass is 288 g/mol. The Morgan fingerprint density at radius 3 is 2.76 bits per heavy atom. The quantitative estimate of drug-likeness (QED) is 0.809. The molecule has 112 valence electrons. The standard InChI is InChI=1S/C16H20N2O3/c19-11-16(7-3-4-8-16)18-15(20)17-10-13-9-12-5-1-2-6-14(12)21-13/h1-2,5-6,9,19H,3-4,7-8,10-11H2,(H2,17,18,20). The van der Waals surface area contributed by atoms with E-state index in [1.165, 1.54) is 0 Å². The number of carbonyl (C=O) groups excluding carboxylic acids is 1. The molecule has 0 unspecified atom stereocenters. The summed E-state index contributed by atoms with van der Waals surface area (Å²) in [6.07, 6.45) is 3.76. The molecule has 2 aromatic rings. The summed E-state index contributed by atoms with van der Waals surface area (Å²) in [4.78, 5) is 12.0. The van der Waals surface area contributed by atoms with Gasteiger partial charge in [0.2, 0.25) is 0 Å². The molecule has 0 aliphatic heterocycles. The highest BCUT2D eigenvalue weighted by atomic mass is 16.3. The van der Waals surface area contributed by atoms with Crippen LogP contribution in [-0.4, -0.2) is 23.3 Å².